The van der Waals surface area contributed by atoms with Crippen molar-refractivity contribution in [1.82, 2.24) is 0 Å². The van der Waals surface area contributed by atoms with Crippen molar-refractivity contribution >= 4 is 23.9 Å². The van der Waals surface area contributed by atoms with E-state index in [9.17, 15) is 0 Å². The first-order chi connectivity index (χ1) is 0. The average molecular weight is 683 g/mol. The van der Waals surface area contributed by atoms with Crippen LogP contribution in [0.2, 0.25) is 0 Å². The van der Waals surface area contributed by atoms with Crippen LogP contribution >= 0.6 is 0 Å². The van der Waals surface area contributed by atoms with Crippen LogP contribution < -0.4 is 149 Å². The summed E-state index contributed by atoms with van der Waals surface area (Å²) in [5, 5.41) is 0. The Morgan fingerprint density at radius 3 is 0.267 bits per heavy atom. The molecule has 0 aliphatic rings. The topological polar surface area (TPSA) is 0 Å². The fourth-order valence-corrected chi connectivity index (χ4v) is 0. The smallest absolute Gasteiger partial charge is 1.00 e. The van der Waals surface area contributed by atoms with Crippen LogP contribution in [0.15, 0.2) is 0 Å². The van der Waals surface area contributed by atoms with E-state index in [0.29, 0.717) is 0 Å². The molecule has 0 nitrogen and oxygen atoms in total. The largest absolute Gasteiger partial charge is 4.00 e. The Kier molecular flexibility index (Phi) is 3270. The van der Waals surface area contributed by atoms with E-state index < -0.39 is 0 Å². The molecule has 0 radical (unpaired) electrons. The van der Waals surface area contributed by atoms with Gasteiger partial charge in [0, 0.05) is 0 Å². The van der Waals surface area contributed by atoms with Crippen molar-refractivity contribution in [3.8, 4) is 0 Å². The van der Waals surface area contributed by atoms with Gasteiger partial charge in [-0.05, 0) is 0 Å². The summed E-state index contributed by atoms with van der Waals surface area (Å²) in [6.45, 7) is 0. The van der Waals surface area contributed by atoms with Crippen LogP contribution in [0.25, 0.3) is 0 Å². The Bertz CT molecular complexity index is 15.6. The molecule has 96 valence electrons. The zero-order chi connectivity index (χ0) is 0. The molecule has 0 aromatic rings. The zero-order valence-corrected chi connectivity index (χ0v) is 22.0. The van der Waals surface area contributed by atoms with Crippen LogP contribution in [0.4, 0.5) is 0 Å². The Balaban J connectivity index is 0. The van der Waals surface area contributed by atoms with E-state index in [1.807, 2.05) is 0 Å². The minimum atomic E-state index is 0. The van der Waals surface area contributed by atoms with Gasteiger partial charge in [-0.25, -0.2) is 0 Å². The van der Waals surface area contributed by atoms with E-state index >= 15 is 0 Å². The van der Waals surface area contributed by atoms with E-state index in [-0.39, 0.29) is 221 Å². The summed E-state index contributed by atoms with van der Waals surface area (Å²) in [5.41, 5.74) is 0. The molecule has 0 N–H and O–H groups in total. The molecule has 15 heteroatoms. The van der Waals surface area contributed by atoms with E-state index in [1.54, 1.807) is 0 Å². The standard InChI is InChI=1S/12ClH.Sn.Ti.Zr/h12*1H;;;/q;;;;;;;;;;;;3*+4/p-12. The molecule has 0 amide bonds. The number of hydrogen-bond donors (Lipinski definition) is 0. The second kappa shape index (κ2) is 205. The van der Waals surface area contributed by atoms with Gasteiger partial charge in [0.05, 0.1) is 0 Å². The number of hydrogen-bond acceptors (Lipinski definition) is 0. The SMILES string of the molecule is [Cl-].[Cl-].[Cl-].[Cl-].[Cl-].[Cl-].[Cl-].[Cl-].[Cl-].[Cl-].[Cl-].[Cl-].[Sn+4].[Ti+4].[Zr+4]. The maximum absolute atomic E-state index is 0. The van der Waals surface area contributed by atoms with Crippen molar-refractivity contribution in [2.45, 2.75) is 0 Å². The van der Waals surface area contributed by atoms with Crippen LogP contribution in [0.1, 0.15) is 0 Å². The molecular formula is Cl12SnTiZr. The Morgan fingerprint density at radius 1 is 0.267 bits per heavy atom. The first kappa shape index (κ1) is 239. The van der Waals surface area contributed by atoms with Gasteiger partial charge < -0.3 is 149 Å². The van der Waals surface area contributed by atoms with Crippen molar-refractivity contribution in [1.29, 1.82) is 0 Å². The first-order valence-corrected chi connectivity index (χ1v) is 0. The molecule has 0 saturated heterocycles. The van der Waals surface area contributed by atoms with Gasteiger partial charge in [-0.15, -0.1) is 0 Å². The number of halogens is 12. The van der Waals surface area contributed by atoms with Crippen LogP contribution in [-0.4, -0.2) is 23.9 Å². The summed E-state index contributed by atoms with van der Waals surface area (Å²) in [5.74, 6) is 0. The van der Waals surface area contributed by atoms with Gasteiger partial charge in [-0.1, -0.05) is 0 Å². The summed E-state index contributed by atoms with van der Waals surface area (Å²) in [6, 6.07) is 0. The van der Waals surface area contributed by atoms with E-state index in [1.165, 1.54) is 0 Å². The summed E-state index contributed by atoms with van der Waals surface area (Å²) in [6.07, 6.45) is 0. The van der Waals surface area contributed by atoms with E-state index in [0.717, 1.165) is 0 Å². The van der Waals surface area contributed by atoms with Crippen LogP contribution in [0.5, 0.6) is 0 Å². The minimum absolute atomic E-state index is 0. The molecule has 0 aromatic carbocycles. The molecule has 15 heavy (non-hydrogen) atoms. The average Bonchev–Trinajstić information content (AvgIpc) is 0. The molecule has 0 saturated carbocycles. The van der Waals surface area contributed by atoms with Gasteiger partial charge in [-0.3, -0.25) is 0 Å². The molecule has 0 aliphatic carbocycles. The van der Waals surface area contributed by atoms with Crippen molar-refractivity contribution < 1.29 is 197 Å². The van der Waals surface area contributed by atoms with Crippen LogP contribution in [0, 0.1) is 0 Å². The maximum Gasteiger partial charge on any atom is 4.00 e. The molecule has 0 bridgehead atoms. The molecule has 0 atom stereocenters. The summed E-state index contributed by atoms with van der Waals surface area (Å²) >= 11 is 0. The summed E-state index contributed by atoms with van der Waals surface area (Å²) in [4.78, 5) is 0. The Labute approximate surface area is 217 Å². The van der Waals surface area contributed by atoms with Gasteiger partial charge >= 0.3 is 71.8 Å². The third kappa shape index (κ3) is 184. The molecule has 0 heterocycles. The third-order valence-electron chi connectivity index (χ3n) is 0. The van der Waals surface area contributed by atoms with E-state index in [4.69, 9.17) is 0 Å². The minimum Gasteiger partial charge on any atom is -1.00 e. The fraction of sp³-hybridized carbons (Fsp3) is 0. The van der Waals surface area contributed by atoms with Crippen molar-refractivity contribution in [3.63, 3.8) is 0 Å². The van der Waals surface area contributed by atoms with Crippen molar-refractivity contribution in [2.75, 3.05) is 0 Å². The molecule has 0 unspecified atom stereocenters. The molecule has 0 fully saturated rings. The quantitative estimate of drug-likeness (QED) is 0.223. The van der Waals surface area contributed by atoms with Gasteiger partial charge in [-0.2, -0.15) is 0 Å². The normalized spacial score (nSPS) is 0. The fourth-order valence-electron chi connectivity index (χ4n) is 0. The molecule has 0 aromatic heterocycles. The van der Waals surface area contributed by atoms with Crippen molar-refractivity contribution in [2.24, 2.45) is 0 Å². The van der Waals surface area contributed by atoms with Gasteiger partial charge in [0.15, 0.2) is 0 Å². The zero-order valence-electron chi connectivity index (χ0n) is 6.04. The molecule has 0 rings (SSSR count). The summed E-state index contributed by atoms with van der Waals surface area (Å²) in [7, 11) is 0. The molecular weight excluding hydrogens is 683 g/mol. The first-order valence-electron chi connectivity index (χ1n) is 0. The Morgan fingerprint density at radius 2 is 0.267 bits per heavy atom. The van der Waals surface area contributed by atoms with Crippen LogP contribution in [0.3, 0.4) is 0 Å². The predicted molar refractivity (Wildman–Crippen MR) is 5.75 cm³/mol. The van der Waals surface area contributed by atoms with Gasteiger partial charge in [0.25, 0.3) is 0 Å². The monoisotopic (exact) mass is 677 g/mol. The maximum atomic E-state index is 0. The predicted octanol–water partition coefficient (Wildman–Crippen LogP) is -36.3. The van der Waals surface area contributed by atoms with Crippen molar-refractivity contribution in [3.05, 3.63) is 0 Å². The van der Waals surface area contributed by atoms with E-state index in [2.05, 4.69) is 0 Å². The molecule has 0 spiro atoms. The third-order valence-corrected chi connectivity index (χ3v) is 0. The molecule has 0 aliphatic heterocycles. The van der Waals surface area contributed by atoms with Gasteiger partial charge in [0.1, 0.15) is 0 Å². The second-order valence-corrected chi connectivity index (χ2v) is 0. The second-order valence-electron chi connectivity index (χ2n) is 0. The Hall–Kier alpha value is 5.88. The number of rotatable bonds is 0. The summed E-state index contributed by atoms with van der Waals surface area (Å²) < 4.78 is 0. The van der Waals surface area contributed by atoms with Gasteiger partial charge in [0.2, 0.25) is 0 Å². The van der Waals surface area contributed by atoms with Crippen LogP contribution in [-0.2, 0) is 47.9 Å².